The highest BCUT2D eigenvalue weighted by molar-refractivity contribution is 5.89. The maximum Gasteiger partial charge on any atom is 0.407 e. The van der Waals surface area contributed by atoms with Gasteiger partial charge in [0, 0.05) is 0 Å². The van der Waals surface area contributed by atoms with E-state index >= 15 is 0 Å². The number of rotatable bonds is 10. The minimum absolute atomic E-state index is 0.0846. The minimum Gasteiger partial charge on any atom is -0.467 e. The van der Waals surface area contributed by atoms with Crippen LogP contribution in [0.1, 0.15) is 25.8 Å². The van der Waals surface area contributed by atoms with Gasteiger partial charge in [0.05, 0.1) is 13.7 Å². The largest absolute Gasteiger partial charge is 0.467 e. The summed E-state index contributed by atoms with van der Waals surface area (Å²) in [4.78, 5) is 47.0. The fraction of sp³-hybridized carbons (Fsp3) is 0.474. The molecule has 2 atom stereocenters. The summed E-state index contributed by atoms with van der Waals surface area (Å²) < 4.78 is 9.65. The van der Waals surface area contributed by atoms with Crippen molar-refractivity contribution >= 4 is 23.9 Å². The van der Waals surface area contributed by atoms with E-state index in [4.69, 9.17) is 4.74 Å². The van der Waals surface area contributed by atoms with Gasteiger partial charge in [-0.15, -0.1) is 0 Å². The van der Waals surface area contributed by atoms with E-state index in [0.29, 0.717) is 6.42 Å². The van der Waals surface area contributed by atoms with Crippen LogP contribution in [0.2, 0.25) is 0 Å². The number of hydrogen-bond donors (Lipinski definition) is 3. The molecule has 0 saturated heterocycles. The third-order valence-corrected chi connectivity index (χ3v) is 4.04. The molecule has 9 heteroatoms. The Hall–Kier alpha value is -3.10. The molecule has 0 saturated carbocycles. The number of alkyl carbamates (subject to hydrolysis) is 1. The van der Waals surface area contributed by atoms with E-state index in [2.05, 4.69) is 20.7 Å². The Morgan fingerprint density at radius 2 is 1.64 bits per heavy atom. The first-order valence-electron chi connectivity index (χ1n) is 8.95. The van der Waals surface area contributed by atoms with Gasteiger partial charge >= 0.3 is 12.1 Å². The summed E-state index contributed by atoms with van der Waals surface area (Å²) in [5.41, 5.74) is 0.820. The van der Waals surface area contributed by atoms with Crippen LogP contribution >= 0.6 is 0 Å². The van der Waals surface area contributed by atoms with E-state index in [1.165, 1.54) is 7.11 Å². The Balaban J connectivity index is 2.30. The zero-order valence-electron chi connectivity index (χ0n) is 16.3. The van der Waals surface area contributed by atoms with Gasteiger partial charge in [0.25, 0.3) is 0 Å². The van der Waals surface area contributed by atoms with Crippen molar-refractivity contribution in [2.45, 2.75) is 32.9 Å². The van der Waals surface area contributed by atoms with Crippen LogP contribution in [0.3, 0.4) is 0 Å². The maximum atomic E-state index is 12.0. The second-order valence-corrected chi connectivity index (χ2v) is 6.15. The monoisotopic (exact) mass is 393 g/mol. The highest BCUT2D eigenvalue weighted by atomic mass is 16.5. The lowest BCUT2D eigenvalue weighted by Gasteiger charge is -2.21. The highest BCUT2D eigenvalue weighted by Crippen LogP contribution is 2.09. The third-order valence-electron chi connectivity index (χ3n) is 4.04. The van der Waals surface area contributed by atoms with Crippen LogP contribution < -0.4 is 16.0 Å². The second-order valence-electron chi connectivity index (χ2n) is 6.15. The second kappa shape index (κ2) is 12.3. The average Bonchev–Trinajstić information content (AvgIpc) is 2.72. The number of carbonyl (C=O) groups is 4. The summed E-state index contributed by atoms with van der Waals surface area (Å²) in [5.74, 6) is -1.76. The van der Waals surface area contributed by atoms with E-state index in [0.717, 1.165) is 5.56 Å². The van der Waals surface area contributed by atoms with E-state index in [1.54, 1.807) is 12.1 Å². The fourth-order valence-corrected chi connectivity index (χ4v) is 2.19. The van der Waals surface area contributed by atoms with Crippen molar-refractivity contribution in [1.29, 1.82) is 0 Å². The number of esters is 1. The molecule has 0 heterocycles. The summed E-state index contributed by atoms with van der Waals surface area (Å²) in [6.45, 7) is 3.11. The van der Waals surface area contributed by atoms with Gasteiger partial charge in [0.2, 0.25) is 11.8 Å². The van der Waals surface area contributed by atoms with Crippen molar-refractivity contribution in [2.24, 2.45) is 5.92 Å². The molecule has 1 aromatic rings. The van der Waals surface area contributed by atoms with Gasteiger partial charge in [0.1, 0.15) is 19.2 Å². The topological polar surface area (TPSA) is 123 Å². The standard InChI is InChI=1S/C19H27N3O6/c1-4-13(2)17(18(25)27-3)22-16(24)11-20-15(23)10-21-19(26)28-12-14-8-6-5-7-9-14/h5-9,13,17H,4,10-12H2,1-3H3,(H,20,23)(H,21,26)(H,22,24)/t13-,17-/m1/s1. The molecule has 0 aliphatic carbocycles. The van der Waals surface area contributed by atoms with Crippen LogP contribution in [0.4, 0.5) is 4.79 Å². The maximum absolute atomic E-state index is 12.0. The molecule has 0 bridgehead atoms. The molecule has 154 valence electrons. The number of amides is 3. The lowest BCUT2D eigenvalue weighted by molar-refractivity contribution is -0.146. The van der Waals surface area contributed by atoms with Gasteiger partial charge < -0.3 is 25.4 Å². The van der Waals surface area contributed by atoms with E-state index < -0.39 is 29.9 Å². The highest BCUT2D eigenvalue weighted by Gasteiger charge is 2.26. The van der Waals surface area contributed by atoms with Crippen molar-refractivity contribution in [3.05, 3.63) is 35.9 Å². The number of benzene rings is 1. The molecule has 9 nitrogen and oxygen atoms in total. The number of methoxy groups -OCH3 is 1. The van der Waals surface area contributed by atoms with Crippen molar-refractivity contribution in [1.82, 2.24) is 16.0 Å². The third kappa shape index (κ3) is 8.52. The summed E-state index contributed by atoms with van der Waals surface area (Å²) in [7, 11) is 1.24. The summed E-state index contributed by atoms with van der Waals surface area (Å²) in [5, 5.41) is 7.19. The molecule has 1 aromatic carbocycles. The van der Waals surface area contributed by atoms with E-state index in [1.807, 2.05) is 32.0 Å². The number of carbonyl (C=O) groups excluding carboxylic acids is 4. The van der Waals surface area contributed by atoms with Gasteiger partial charge in [-0.05, 0) is 11.5 Å². The summed E-state index contributed by atoms with van der Waals surface area (Å²) in [6.07, 6.45) is -0.0764. The Labute approximate surface area is 164 Å². The van der Waals surface area contributed by atoms with Crippen LogP contribution in [0, 0.1) is 5.92 Å². The Morgan fingerprint density at radius 1 is 1.00 bits per heavy atom. The predicted molar refractivity (Wildman–Crippen MR) is 101 cm³/mol. The first-order valence-corrected chi connectivity index (χ1v) is 8.95. The molecule has 3 amide bonds. The molecular formula is C19H27N3O6. The first-order chi connectivity index (χ1) is 13.4. The van der Waals surface area contributed by atoms with Crippen LogP contribution in [0.25, 0.3) is 0 Å². The summed E-state index contributed by atoms with van der Waals surface area (Å²) in [6, 6.07) is 8.31. The van der Waals surface area contributed by atoms with Crippen molar-refractivity contribution in [3.8, 4) is 0 Å². The molecule has 0 spiro atoms. The zero-order chi connectivity index (χ0) is 20.9. The number of ether oxygens (including phenoxy) is 2. The van der Waals surface area contributed by atoms with Crippen molar-refractivity contribution in [2.75, 3.05) is 20.2 Å². The van der Waals surface area contributed by atoms with E-state index in [-0.39, 0.29) is 25.6 Å². The quantitative estimate of drug-likeness (QED) is 0.504. The van der Waals surface area contributed by atoms with Crippen LogP contribution in [-0.4, -0.2) is 50.1 Å². The first kappa shape index (κ1) is 22.9. The van der Waals surface area contributed by atoms with Gasteiger partial charge in [-0.25, -0.2) is 9.59 Å². The smallest absolute Gasteiger partial charge is 0.407 e. The average molecular weight is 393 g/mol. The number of hydrogen-bond acceptors (Lipinski definition) is 6. The molecule has 0 fully saturated rings. The lowest BCUT2D eigenvalue weighted by Crippen LogP contribution is -2.49. The fourth-order valence-electron chi connectivity index (χ4n) is 2.19. The van der Waals surface area contributed by atoms with Gasteiger partial charge in [-0.3, -0.25) is 9.59 Å². The Bertz CT molecular complexity index is 665. The summed E-state index contributed by atoms with van der Waals surface area (Å²) >= 11 is 0. The van der Waals surface area contributed by atoms with Gasteiger partial charge in [0.15, 0.2) is 0 Å². The molecule has 0 aromatic heterocycles. The molecule has 1 rings (SSSR count). The van der Waals surface area contributed by atoms with Gasteiger partial charge in [-0.2, -0.15) is 0 Å². The zero-order valence-corrected chi connectivity index (χ0v) is 16.3. The molecule has 28 heavy (non-hydrogen) atoms. The minimum atomic E-state index is -0.787. The Morgan fingerprint density at radius 3 is 2.25 bits per heavy atom. The van der Waals surface area contributed by atoms with Crippen LogP contribution in [-0.2, 0) is 30.5 Å². The molecule has 0 aliphatic rings. The predicted octanol–water partition coefficient (Wildman–Crippen LogP) is 0.733. The SMILES string of the molecule is CC[C@@H](C)[C@@H](NC(=O)CNC(=O)CNC(=O)OCc1ccccc1)C(=O)OC. The molecule has 0 aliphatic heterocycles. The van der Waals surface area contributed by atoms with Gasteiger partial charge in [-0.1, -0.05) is 50.6 Å². The van der Waals surface area contributed by atoms with Crippen molar-refractivity contribution in [3.63, 3.8) is 0 Å². The molecular weight excluding hydrogens is 366 g/mol. The lowest BCUT2D eigenvalue weighted by atomic mass is 9.99. The van der Waals surface area contributed by atoms with Crippen LogP contribution in [0.15, 0.2) is 30.3 Å². The van der Waals surface area contributed by atoms with Crippen molar-refractivity contribution < 1.29 is 28.7 Å². The molecule has 0 radical (unpaired) electrons. The number of nitrogens with one attached hydrogen (secondary N) is 3. The van der Waals surface area contributed by atoms with Crippen LogP contribution in [0.5, 0.6) is 0 Å². The van der Waals surface area contributed by atoms with E-state index in [9.17, 15) is 19.2 Å². The normalized spacial score (nSPS) is 12.2. The molecule has 0 unspecified atom stereocenters. The Kier molecular flexibility index (Phi) is 10.1. The molecule has 3 N–H and O–H groups in total.